The Labute approximate surface area is 114 Å². The van der Waals surface area contributed by atoms with Crippen molar-refractivity contribution >= 4 is 11.8 Å². The molecular weight excluding hydrogens is 240 g/mol. The molecule has 0 unspecified atom stereocenters. The van der Waals surface area contributed by atoms with E-state index in [2.05, 4.69) is 0 Å². The van der Waals surface area contributed by atoms with Crippen molar-refractivity contribution in [1.82, 2.24) is 0 Å². The largest absolute Gasteiger partial charge is 0.443 e. The molecule has 2 N–H and O–H groups in total. The van der Waals surface area contributed by atoms with E-state index in [1.165, 1.54) is 0 Å². The molecule has 0 aromatic heterocycles. The highest BCUT2D eigenvalue weighted by molar-refractivity contribution is 5.88. The number of hydrogen-bond donors (Lipinski definition) is 1. The Morgan fingerprint density at radius 1 is 1.32 bits per heavy atom. The highest BCUT2D eigenvalue weighted by Gasteiger charge is 2.42. The lowest BCUT2D eigenvalue weighted by Crippen LogP contribution is -2.45. The summed E-state index contributed by atoms with van der Waals surface area (Å²) in [5.74, 6) is 0. The summed E-state index contributed by atoms with van der Waals surface area (Å²) in [6, 6.07) is 9.53. The summed E-state index contributed by atoms with van der Waals surface area (Å²) < 4.78 is 5.46. The van der Waals surface area contributed by atoms with Crippen LogP contribution in [0, 0.1) is 0 Å². The molecule has 0 spiro atoms. The fourth-order valence-corrected chi connectivity index (χ4v) is 1.82. The summed E-state index contributed by atoms with van der Waals surface area (Å²) in [5, 5.41) is 0. The van der Waals surface area contributed by atoms with Crippen LogP contribution >= 0.6 is 0 Å². The van der Waals surface area contributed by atoms with Crippen molar-refractivity contribution in [2.24, 2.45) is 5.73 Å². The SMILES string of the molecule is CC(C)(C)OC(=O)N(CC1(N)CC1)c1ccccc1. The van der Waals surface area contributed by atoms with E-state index >= 15 is 0 Å². The lowest BCUT2D eigenvalue weighted by atomic mass is 10.2. The van der Waals surface area contributed by atoms with Crippen molar-refractivity contribution < 1.29 is 9.53 Å². The molecule has 0 bridgehead atoms. The molecule has 1 aromatic carbocycles. The zero-order valence-corrected chi connectivity index (χ0v) is 11.8. The van der Waals surface area contributed by atoms with Crippen molar-refractivity contribution in [3.63, 3.8) is 0 Å². The highest BCUT2D eigenvalue weighted by atomic mass is 16.6. The molecule has 1 aliphatic rings. The standard InChI is InChI=1S/C15H22N2O2/c1-14(2,3)19-13(18)17(11-15(16)9-10-15)12-7-5-4-6-8-12/h4-8H,9-11,16H2,1-3H3. The van der Waals surface area contributed by atoms with Gasteiger partial charge in [0.1, 0.15) is 5.60 Å². The lowest BCUT2D eigenvalue weighted by Gasteiger charge is -2.29. The number of amides is 1. The average molecular weight is 262 g/mol. The molecule has 2 rings (SSSR count). The van der Waals surface area contributed by atoms with E-state index in [4.69, 9.17) is 10.5 Å². The minimum atomic E-state index is -0.505. The predicted molar refractivity (Wildman–Crippen MR) is 76.2 cm³/mol. The zero-order chi connectivity index (χ0) is 14.1. The molecule has 0 saturated heterocycles. The summed E-state index contributed by atoms with van der Waals surface area (Å²) in [4.78, 5) is 14.0. The molecule has 19 heavy (non-hydrogen) atoms. The van der Waals surface area contributed by atoms with Crippen LogP contribution in [0.1, 0.15) is 33.6 Å². The van der Waals surface area contributed by atoms with Gasteiger partial charge in [-0.2, -0.15) is 0 Å². The van der Waals surface area contributed by atoms with Crippen molar-refractivity contribution in [1.29, 1.82) is 0 Å². The monoisotopic (exact) mass is 262 g/mol. The van der Waals surface area contributed by atoms with Gasteiger partial charge in [0.25, 0.3) is 0 Å². The first kappa shape index (κ1) is 13.9. The maximum Gasteiger partial charge on any atom is 0.414 e. The van der Waals surface area contributed by atoms with Crippen LogP contribution in [0.2, 0.25) is 0 Å². The second-order valence-electron chi connectivity index (χ2n) is 6.26. The normalized spacial score (nSPS) is 16.8. The Kier molecular flexibility index (Phi) is 3.54. The van der Waals surface area contributed by atoms with Crippen molar-refractivity contribution in [3.05, 3.63) is 30.3 Å². The summed E-state index contributed by atoms with van der Waals surface area (Å²) in [7, 11) is 0. The van der Waals surface area contributed by atoms with Gasteiger partial charge >= 0.3 is 6.09 Å². The van der Waals surface area contributed by atoms with Crippen LogP contribution in [0.3, 0.4) is 0 Å². The van der Waals surface area contributed by atoms with Gasteiger partial charge in [-0.15, -0.1) is 0 Å². The van der Waals surface area contributed by atoms with Crippen LogP contribution in [0.25, 0.3) is 0 Å². The smallest absolute Gasteiger partial charge is 0.414 e. The number of carbonyl (C=O) groups is 1. The van der Waals surface area contributed by atoms with Gasteiger partial charge in [-0.1, -0.05) is 18.2 Å². The number of rotatable bonds is 3. The molecule has 0 radical (unpaired) electrons. The number of anilines is 1. The molecule has 0 atom stereocenters. The summed E-state index contributed by atoms with van der Waals surface area (Å²) >= 11 is 0. The third-order valence-corrected chi connectivity index (χ3v) is 3.05. The van der Waals surface area contributed by atoms with Gasteiger partial charge in [-0.05, 0) is 45.7 Å². The zero-order valence-electron chi connectivity index (χ0n) is 11.8. The van der Waals surface area contributed by atoms with E-state index in [9.17, 15) is 4.79 Å². The van der Waals surface area contributed by atoms with Gasteiger partial charge in [-0.3, -0.25) is 4.90 Å². The molecule has 0 aliphatic heterocycles. The Morgan fingerprint density at radius 3 is 2.37 bits per heavy atom. The number of nitrogens with zero attached hydrogens (tertiary/aromatic N) is 1. The van der Waals surface area contributed by atoms with Crippen LogP contribution in [0.15, 0.2) is 30.3 Å². The fraction of sp³-hybridized carbons (Fsp3) is 0.533. The minimum Gasteiger partial charge on any atom is -0.443 e. The number of hydrogen-bond acceptors (Lipinski definition) is 3. The van der Waals surface area contributed by atoms with E-state index in [1.54, 1.807) is 4.90 Å². The van der Waals surface area contributed by atoms with E-state index in [-0.39, 0.29) is 11.6 Å². The van der Waals surface area contributed by atoms with E-state index < -0.39 is 5.60 Å². The highest BCUT2D eigenvalue weighted by Crippen LogP contribution is 2.34. The number of ether oxygens (including phenoxy) is 1. The summed E-state index contributed by atoms with van der Waals surface area (Å²) in [6.07, 6.45) is 1.58. The van der Waals surface area contributed by atoms with Gasteiger partial charge < -0.3 is 10.5 Å². The Balaban J connectivity index is 2.17. The minimum absolute atomic E-state index is 0.243. The van der Waals surface area contributed by atoms with Gasteiger partial charge in [0, 0.05) is 17.8 Å². The second kappa shape index (κ2) is 4.85. The van der Waals surface area contributed by atoms with Crippen LogP contribution in [0.5, 0.6) is 0 Å². The number of benzene rings is 1. The lowest BCUT2D eigenvalue weighted by molar-refractivity contribution is 0.0577. The predicted octanol–water partition coefficient (Wildman–Crippen LogP) is 2.92. The van der Waals surface area contributed by atoms with Crippen molar-refractivity contribution in [2.75, 3.05) is 11.4 Å². The summed E-state index contributed by atoms with van der Waals surface area (Å²) in [6.45, 7) is 6.10. The van der Waals surface area contributed by atoms with Crippen LogP contribution in [-0.2, 0) is 4.74 Å². The second-order valence-corrected chi connectivity index (χ2v) is 6.26. The first-order valence-corrected chi connectivity index (χ1v) is 6.64. The molecule has 1 amide bonds. The molecule has 1 aliphatic carbocycles. The van der Waals surface area contributed by atoms with Gasteiger partial charge in [-0.25, -0.2) is 4.79 Å². The Hall–Kier alpha value is -1.55. The molecule has 4 nitrogen and oxygen atoms in total. The number of carbonyl (C=O) groups excluding carboxylic acids is 1. The van der Waals surface area contributed by atoms with Gasteiger partial charge in [0.15, 0.2) is 0 Å². The molecule has 0 heterocycles. The Morgan fingerprint density at radius 2 is 1.89 bits per heavy atom. The fourth-order valence-electron chi connectivity index (χ4n) is 1.82. The molecule has 104 valence electrons. The van der Waals surface area contributed by atoms with Gasteiger partial charge in [0.2, 0.25) is 0 Å². The van der Waals surface area contributed by atoms with Crippen LogP contribution in [0.4, 0.5) is 10.5 Å². The molecule has 1 aromatic rings. The van der Waals surface area contributed by atoms with Crippen LogP contribution in [-0.4, -0.2) is 23.8 Å². The quantitative estimate of drug-likeness (QED) is 0.911. The van der Waals surface area contributed by atoms with E-state index in [0.29, 0.717) is 6.54 Å². The molecule has 1 fully saturated rings. The Bertz CT molecular complexity index is 447. The van der Waals surface area contributed by atoms with Crippen LogP contribution < -0.4 is 10.6 Å². The molecule has 1 saturated carbocycles. The average Bonchev–Trinajstić information content (AvgIpc) is 3.03. The van der Waals surface area contributed by atoms with Crippen molar-refractivity contribution in [3.8, 4) is 0 Å². The maximum atomic E-state index is 12.3. The van der Waals surface area contributed by atoms with Crippen molar-refractivity contribution in [2.45, 2.75) is 44.8 Å². The van der Waals surface area contributed by atoms with Gasteiger partial charge in [0.05, 0.1) is 0 Å². The molecule has 4 heteroatoms. The van der Waals surface area contributed by atoms with E-state index in [0.717, 1.165) is 18.5 Å². The maximum absolute atomic E-state index is 12.3. The summed E-state index contributed by atoms with van der Waals surface area (Å²) in [5.41, 5.74) is 6.22. The topological polar surface area (TPSA) is 55.6 Å². The third kappa shape index (κ3) is 3.96. The van der Waals surface area contributed by atoms with E-state index in [1.807, 2.05) is 51.1 Å². The number of nitrogens with two attached hydrogens (primary N) is 1. The molecular formula is C15H22N2O2. The third-order valence-electron chi connectivity index (χ3n) is 3.05. The number of para-hydroxylation sites is 1. The first-order chi connectivity index (χ1) is 8.79. The first-order valence-electron chi connectivity index (χ1n) is 6.64.